The van der Waals surface area contributed by atoms with Crippen molar-refractivity contribution < 1.29 is 14.7 Å². The summed E-state index contributed by atoms with van der Waals surface area (Å²) >= 11 is 0. The van der Waals surface area contributed by atoms with Gasteiger partial charge in [-0.25, -0.2) is 0 Å². The summed E-state index contributed by atoms with van der Waals surface area (Å²) in [5.74, 6) is 1.68. The first kappa shape index (κ1) is 12.6. The highest BCUT2D eigenvalue weighted by atomic mass is 16.7. The zero-order chi connectivity index (χ0) is 13.0. The highest BCUT2D eigenvalue weighted by molar-refractivity contribution is 5.73. The molecule has 4 heteroatoms. The van der Waals surface area contributed by atoms with Crippen LogP contribution in [0.15, 0.2) is 30.3 Å². The van der Waals surface area contributed by atoms with Crippen molar-refractivity contribution in [3.05, 3.63) is 35.9 Å². The Labute approximate surface area is 106 Å². The van der Waals surface area contributed by atoms with Gasteiger partial charge in [0.15, 0.2) is 6.10 Å². The van der Waals surface area contributed by atoms with Gasteiger partial charge in [0.05, 0.1) is 0 Å². The standard InChI is InChI=1S/C14H15NO3/c1-2-13(11-7-4-3-5-8-11)18-15-10-6-9-12(15)14(16)17/h1,3-5,7-8,12-13H,6,9-10H2,(H,16,17). The van der Waals surface area contributed by atoms with Crippen LogP contribution >= 0.6 is 0 Å². The zero-order valence-corrected chi connectivity index (χ0v) is 9.95. The number of carboxylic acids is 1. The molecular weight excluding hydrogens is 230 g/mol. The summed E-state index contributed by atoms with van der Waals surface area (Å²) in [4.78, 5) is 16.7. The van der Waals surface area contributed by atoms with Gasteiger partial charge in [-0.15, -0.1) is 6.42 Å². The van der Waals surface area contributed by atoms with Crippen LogP contribution in [-0.4, -0.2) is 28.7 Å². The van der Waals surface area contributed by atoms with Crippen molar-refractivity contribution >= 4 is 5.97 Å². The molecule has 1 saturated heterocycles. The van der Waals surface area contributed by atoms with Gasteiger partial charge in [0.2, 0.25) is 0 Å². The van der Waals surface area contributed by atoms with Gasteiger partial charge in [-0.1, -0.05) is 36.3 Å². The van der Waals surface area contributed by atoms with Crippen molar-refractivity contribution in [2.75, 3.05) is 6.54 Å². The van der Waals surface area contributed by atoms with Gasteiger partial charge in [0.1, 0.15) is 6.04 Å². The number of hydrogen-bond donors (Lipinski definition) is 1. The molecule has 1 aliphatic heterocycles. The molecule has 0 saturated carbocycles. The van der Waals surface area contributed by atoms with Crippen LogP contribution in [0.2, 0.25) is 0 Å². The number of carbonyl (C=O) groups is 1. The maximum Gasteiger partial charge on any atom is 0.323 e. The fourth-order valence-corrected chi connectivity index (χ4v) is 2.06. The van der Waals surface area contributed by atoms with E-state index in [9.17, 15) is 4.79 Å². The molecule has 18 heavy (non-hydrogen) atoms. The summed E-state index contributed by atoms with van der Waals surface area (Å²) in [6.07, 6.45) is 6.33. The predicted molar refractivity (Wildman–Crippen MR) is 66.5 cm³/mol. The van der Waals surface area contributed by atoms with Gasteiger partial charge in [0, 0.05) is 6.54 Å². The molecule has 0 aliphatic carbocycles. The van der Waals surface area contributed by atoms with E-state index in [2.05, 4.69) is 5.92 Å². The van der Waals surface area contributed by atoms with Crippen LogP contribution in [0.1, 0.15) is 24.5 Å². The predicted octanol–water partition coefficient (Wildman–Crippen LogP) is 1.84. The van der Waals surface area contributed by atoms with Crippen LogP contribution in [0.4, 0.5) is 0 Å². The summed E-state index contributed by atoms with van der Waals surface area (Å²) in [6.45, 7) is 0.599. The summed E-state index contributed by atoms with van der Waals surface area (Å²) in [5, 5.41) is 10.6. The molecule has 2 atom stereocenters. The first-order valence-corrected chi connectivity index (χ1v) is 5.89. The molecule has 0 spiro atoms. The van der Waals surface area contributed by atoms with E-state index in [1.165, 1.54) is 5.06 Å². The van der Waals surface area contributed by atoms with Crippen LogP contribution in [0, 0.1) is 12.3 Å². The summed E-state index contributed by atoms with van der Waals surface area (Å²) < 4.78 is 0. The topological polar surface area (TPSA) is 49.8 Å². The van der Waals surface area contributed by atoms with Crippen molar-refractivity contribution in [2.24, 2.45) is 0 Å². The third-order valence-corrected chi connectivity index (χ3v) is 2.98. The van der Waals surface area contributed by atoms with E-state index in [0.717, 1.165) is 12.0 Å². The molecule has 1 aromatic carbocycles. The Bertz CT molecular complexity index is 452. The molecule has 4 nitrogen and oxygen atoms in total. The Hall–Kier alpha value is -1.83. The summed E-state index contributed by atoms with van der Waals surface area (Å²) in [5.41, 5.74) is 0.857. The van der Waals surface area contributed by atoms with Crippen LogP contribution in [0.3, 0.4) is 0 Å². The Morgan fingerprint density at radius 1 is 1.50 bits per heavy atom. The second-order valence-electron chi connectivity index (χ2n) is 4.20. The van der Waals surface area contributed by atoms with Crippen molar-refractivity contribution in [3.8, 4) is 12.3 Å². The molecule has 0 bridgehead atoms. The van der Waals surface area contributed by atoms with Crippen molar-refractivity contribution in [2.45, 2.75) is 25.0 Å². The van der Waals surface area contributed by atoms with Crippen LogP contribution in [0.5, 0.6) is 0 Å². The summed E-state index contributed by atoms with van der Waals surface area (Å²) in [6, 6.07) is 8.80. The van der Waals surface area contributed by atoms with Crippen molar-refractivity contribution in [1.82, 2.24) is 5.06 Å². The second-order valence-corrected chi connectivity index (χ2v) is 4.20. The lowest BCUT2D eigenvalue weighted by Crippen LogP contribution is -2.36. The quantitative estimate of drug-likeness (QED) is 0.822. The average Bonchev–Trinajstić information content (AvgIpc) is 2.85. The van der Waals surface area contributed by atoms with E-state index < -0.39 is 18.1 Å². The van der Waals surface area contributed by atoms with Gasteiger partial charge in [-0.3, -0.25) is 9.63 Å². The lowest BCUT2D eigenvalue weighted by molar-refractivity contribution is -0.202. The van der Waals surface area contributed by atoms with E-state index in [0.29, 0.717) is 13.0 Å². The molecule has 1 fully saturated rings. The minimum Gasteiger partial charge on any atom is -0.480 e. The number of nitrogens with zero attached hydrogens (tertiary/aromatic N) is 1. The lowest BCUT2D eigenvalue weighted by Gasteiger charge is -2.24. The minimum absolute atomic E-state index is 0.536. The molecule has 1 heterocycles. The number of rotatable bonds is 4. The fraction of sp³-hybridized carbons (Fsp3) is 0.357. The summed E-state index contributed by atoms with van der Waals surface area (Å²) in [7, 11) is 0. The normalized spacial score (nSPS) is 21.4. The lowest BCUT2D eigenvalue weighted by atomic mass is 10.1. The Morgan fingerprint density at radius 3 is 2.83 bits per heavy atom. The molecule has 1 aliphatic rings. The Morgan fingerprint density at radius 2 is 2.22 bits per heavy atom. The highest BCUT2D eigenvalue weighted by Gasteiger charge is 2.33. The molecular formula is C14H15NO3. The SMILES string of the molecule is C#CC(ON1CCCC1C(=O)O)c1ccccc1. The molecule has 0 amide bonds. The van der Waals surface area contributed by atoms with Gasteiger partial charge >= 0.3 is 5.97 Å². The number of aliphatic carboxylic acids is 1. The van der Waals surface area contributed by atoms with Gasteiger partial charge in [-0.2, -0.15) is 5.06 Å². The van der Waals surface area contributed by atoms with Crippen molar-refractivity contribution in [1.29, 1.82) is 0 Å². The average molecular weight is 245 g/mol. The van der Waals surface area contributed by atoms with E-state index in [-0.39, 0.29) is 0 Å². The zero-order valence-electron chi connectivity index (χ0n) is 9.95. The smallest absolute Gasteiger partial charge is 0.323 e. The molecule has 1 N–H and O–H groups in total. The van der Waals surface area contributed by atoms with Gasteiger partial charge < -0.3 is 5.11 Å². The third-order valence-electron chi connectivity index (χ3n) is 2.98. The maximum atomic E-state index is 11.0. The van der Waals surface area contributed by atoms with E-state index in [1.807, 2.05) is 30.3 Å². The number of carboxylic acid groups (broad SMARTS) is 1. The van der Waals surface area contributed by atoms with E-state index in [1.54, 1.807) is 0 Å². The van der Waals surface area contributed by atoms with Crippen molar-refractivity contribution in [3.63, 3.8) is 0 Å². The number of terminal acetylenes is 1. The van der Waals surface area contributed by atoms with Crippen LogP contribution in [-0.2, 0) is 9.63 Å². The Balaban J connectivity index is 2.08. The first-order valence-electron chi connectivity index (χ1n) is 5.89. The monoisotopic (exact) mass is 245 g/mol. The molecule has 94 valence electrons. The molecule has 2 rings (SSSR count). The maximum absolute atomic E-state index is 11.0. The minimum atomic E-state index is -0.865. The highest BCUT2D eigenvalue weighted by Crippen LogP contribution is 2.24. The van der Waals surface area contributed by atoms with Gasteiger partial charge in [-0.05, 0) is 18.4 Å². The van der Waals surface area contributed by atoms with Crippen LogP contribution < -0.4 is 0 Å². The van der Waals surface area contributed by atoms with E-state index in [4.69, 9.17) is 16.4 Å². The first-order chi connectivity index (χ1) is 8.72. The Kier molecular flexibility index (Phi) is 3.98. The number of hydroxylamine groups is 2. The fourth-order valence-electron chi connectivity index (χ4n) is 2.06. The number of hydrogen-bond acceptors (Lipinski definition) is 3. The van der Waals surface area contributed by atoms with E-state index >= 15 is 0 Å². The van der Waals surface area contributed by atoms with Crippen LogP contribution in [0.25, 0.3) is 0 Å². The second kappa shape index (κ2) is 5.67. The third kappa shape index (κ3) is 2.70. The molecule has 2 unspecified atom stereocenters. The number of benzene rings is 1. The molecule has 1 aromatic rings. The largest absolute Gasteiger partial charge is 0.480 e. The molecule has 0 aromatic heterocycles. The molecule has 0 radical (unpaired) electrons. The van der Waals surface area contributed by atoms with Gasteiger partial charge in [0.25, 0.3) is 0 Å².